The van der Waals surface area contributed by atoms with E-state index < -0.39 is 0 Å². The highest BCUT2D eigenvalue weighted by Gasteiger charge is 2.58. The van der Waals surface area contributed by atoms with Crippen molar-refractivity contribution >= 4 is 6.47 Å². The number of ether oxygens (including phenoxy) is 1. The Hall–Kier alpha value is -0.0900. The minimum atomic E-state index is -0.110. The molecule has 0 spiro atoms. The molecular formula is C19H34BrNO2. The average Bonchev–Trinajstić information content (AvgIpc) is 2.43. The summed E-state index contributed by atoms with van der Waals surface area (Å²) in [6.45, 7) is 5.45. The first kappa shape index (κ1) is 19.2. The summed E-state index contributed by atoms with van der Waals surface area (Å²) in [5, 5.41) is 0. The lowest BCUT2D eigenvalue weighted by Crippen LogP contribution is -3.00. The van der Waals surface area contributed by atoms with Gasteiger partial charge in [0.15, 0.2) is 0 Å². The molecule has 0 saturated heterocycles. The Kier molecular flexibility index (Phi) is 6.21. The van der Waals surface area contributed by atoms with E-state index in [1.807, 2.05) is 0 Å². The van der Waals surface area contributed by atoms with Crippen molar-refractivity contribution in [3.05, 3.63) is 0 Å². The first-order valence-electron chi connectivity index (χ1n) is 9.42. The molecule has 4 rings (SSSR count). The molecule has 0 heterocycles. The topological polar surface area (TPSA) is 26.3 Å². The van der Waals surface area contributed by atoms with E-state index in [1.54, 1.807) is 0 Å². The number of rotatable bonds is 8. The van der Waals surface area contributed by atoms with Gasteiger partial charge < -0.3 is 26.2 Å². The van der Waals surface area contributed by atoms with Crippen LogP contribution in [0.4, 0.5) is 0 Å². The highest BCUT2D eigenvalue weighted by atomic mass is 79.9. The zero-order valence-electron chi connectivity index (χ0n) is 15.1. The van der Waals surface area contributed by atoms with E-state index in [9.17, 15) is 4.79 Å². The van der Waals surface area contributed by atoms with Crippen LogP contribution >= 0.6 is 0 Å². The molecule has 4 saturated carbocycles. The lowest BCUT2D eigenvalue weighted by molar-refractivity contribution is -0.890. The molecule has 4 bridgehead atoms. The van der Waals surface area contributed by atoms with Crippen molar-refractivity contribution in [3.8, 4) is 0 Å². The molecule has 0 amide bonds. The third-order valence-electron chi connectivity index (χ3n) is 6.95. The lowest BCUT2D eigenvalue weighted by Gasteiger charge is -2.60. The van der Waals surface area contributed by atoms with Gasteiger partial charge in [0.25, 0.3) is 6.47 Å². The van der Waals surface area contributed by atoms with Gasteiger partial charge in [-0.2, -0.15) is 0 Å². The van der Waals surface area contributed by atoms with Gasteiger partial charge in [0.2, 0.25) is 0 Å². The minimum absolute atomic E-state index is 0. The van der Waals surface area contributed by atoms with Crippen molar-refractivity contribution in [2.45, 2.75) is 63.9 Å². The van der Waals surface area contributed by atoms with Gasteiger partial charge in [0, 0.05) is 6.42 Å². The average molecular weight is 388 g/mol. The Morgan fingerprint density at radius 3 is 2.09 bits per heavy atom. The second kappa shape index (κ2) is 7.43. The number of hydrogen-bond donors (Lipinski definition) is 0. The zero-order chi connectivity index (χ0) is 15.8. The van der Waals surface area contributed by atoms with Crippen LogP contribution in [0.25, 0.3) is 0 Å². The van der Waals surface area contributed by atoms with Gasteiger partial charge >= 0.3 is 0 Å². The van der Waals surface area contributed by atoms with Gasteiger partial charge in [-0.25, -0.2) is 0 Å². The van der Waals surface area contributed by atoms with Gasteiger partial charge in [0.1, 0.15) is 5.60 Å². The Morgan fingerprint density at radius 1 is 1.04 bits per heavy atom. The molecule has 0 unspecified atom stereocenters. The third kappa shape index (κ3) is 3.78. The molecule has 3 nitrogen and oxygen atoms in total. The largest absolute Gasteiger partial charge is 1.00 e. The summed E-state index contributed by atoms with van der Waals surface area (Å²) >= 11 is 0. The summed E-state index contributed by atoms with van der Waals surface area (Å²) in [6, 6.07) is 0. The SMILES string of the molecule is CCC[N+](C)(C)CCCC1(OC=O)C2CC3CC(C2)CC1C3.[Br-]. The van der Waals surface area contributed by atoms with Crippen molar-refractivity contribution in [3.63, 3.8) is 0 Å². The maximum Gasteiger partial charge on any atom is 0.293 e. The second-order valence-corrected chi connectivity index (χ2v) is 8.96. The first-order chi connectivity index (χ1) is 10.5. The van der Waals surface area contributed by atoms with E-state index in [2.05, 4.69) is 21.0 Å². The molecule has 0 aromatic rings. The summed E-state index contributed by atoms with van der Waals surface area (Å²) in [7, 11) is 4.65. The van der Waals surface area contributed by atoms with Crippen LogP contribution in [0.3, 0.4) is 0 Å². The summed E-state index contributed by atoms with van der Waals surface area (Å²) in [5.41, 5.74) is -0.110. The van der Waals surface area contributed by atoms with E-state index in [4.69, 9.17) is 4.74 Å². The molecule has 0 aromatic carbocycles. The standard InChI is InChI=1S/C19H34NO2.BrH/c1-4-7-20(2,3)8-5-6-19(22-14-21)17-10-15-9-16(12-17)13-18(19)11-15;/h14-18H,4-13H2,1-3H3;1H/q+1;/p-1. The van der Waals surface area contributed by atoms with E-state index in [1.165, 1.54) is 58.0 Å². The van der Waals surface area contributed by atoms with Crippen molar-refractivity contribution in [2.75, 3.05) is 27.2 Å². The molecule has 0 aliphatic heterocycles. The van der Waals surface area contributed by atoms with Crippen molar-refractivity contribution in [1.82, 2.24) is 0 Å². The molecule has 4 aliphatic carbocycles. The number of nitrogens with zero attached hydrogens (tertiary/aromatic N) is 1. The normalized spacial score (nSPS) is 38.2. The molecule has 23 heavy (non-hydrogen) atoms. The fraction of sp³-hybridized carbons (Fsp3) is 0.947. The molecule has 4 fully saturated rings. The predicted octanol–water partition coefficient (Wildman–Crippen LogP) is 0.625. The van der Waals surface area contributed by atoms with E-state index in [0.717, 1.165) is 29.2 Å². The van der Waals surface area contributed by atoms with Crippen molar-refractivity contribution in [2.24, 2.45) is 23.7 Å². The molecular weight excluding hydrogens is 354 g/mol. The highest BCUT2D eigenvalue weighted by Crippen LogP contribution is 2.60. The number of quaternary nitrogens is 1. The third-order valence-corrected chi connectivity index (χ3v) is 6.95. The second-order valence-electron chi connectivity index (χ2n) is 8.96. The number of hydrogen-bond acceptors (Lipinski definition) is 2. The Balaban J connectivity index is 0.00000192. The Morgan fingerprint density at radius 2 is 1.61 bits per heavy atom. The summed E-state index contributed by atoms with van der Waals surface area (Å²) in [4.78, 5) is 11.2. The molecule has 4 aliphatic rings. The van der Waals surface area contributed by atoms with E-state index >= 15 is 0 Å². The maximum atomic E-state index is 11.2. The Labute approximate surface area is 152 Å². The van der Waals surface area contributed by atoms with Gasteiger partial charge in [-0.15, -0.1) is 0 Å². The molecule has 0 atom stereocenters. The highest BCUT2D eigenvalue weighted by molar-refractivity contribution is 5.39. The smallest absolute Gasteiger partial charge is 0.293 e. The number of halogens is 1. The minimum Gasteiger partial charge on any atom is -1.00 e. The van der Waals surface area contributed by atoms with Crippen LogP contribution in [-0.2, 0) is 9.53 Å². The van der Waals surface area contributed by atoms with Gasteiger partial charge in [-0.3, -0.25) is 4.79 Å². The Bertz CT molecular complexity index is 382. The predicted molar refractivity (Wildman–Crippen MR) is 88.3 cm³/mol. The van der Waals surface area contributed by atoms with Crippen LogP contribution in [0, 0.1) is 23.7 Å². The van der Waals surface area contributed by atoms with Gasteiger partial charge in [0.05, 0.1) is 27.2 Å². The first-order valence-corrected chi connectivity index (χ1v) is 9.42. The van der Waals surface area contributed by atoms with E-state index in [0.29, 0.717) is 11.8 Å². The molecule has 4 heteroatoms. The van der Waals surface area contributed by atoms with Crippen LogP contribution < -0.4 is 17.0 Å². The number of carbonyl (C=O) groups excluding carboxylic acids is 1. The molecule has 134 valence electrons. The van der Waals surface area contributed by atoms with Crippen LogP contribution in [0.15, 0.2) is 0 Å². The molecule has 0 N–H and O–H groups in total. The maximum absolute atomic E-state index is 11.2. The van der Waals surface area contributed by atoms with Crippen LogP contribution in [0.1, 0.15) is 58.3 Å². The number of carbonyl (C=O) groups is 1. The van der Waals surface area contributed by atoms with Crippen LogP contribution in [0.2, 0.25) is 0 Å². The summed E-state index contributed by atoms with van der Waals surface area (Å²) in [5.74, 6) is 3.16. The van der Waals surface area contributed by atoms with Gasteiger partial charge in [-0.1, -0.05) is 6.92 Å². The summed E-state index contributed by atoms with van der Waals surface area (Å²) < 4.78 is 6.99. The van der Waals surface area contributed by atoms with Crippen LogP contribution in [0.5, 0.6) is 0 Å². The monoisotopic (exact) mass is 387 g/mol. The fourth-order valence-electron chi connectivity index (χ4n) is 6.23. The van der Waals surface area contributed by atoms with Crippen LogP contribution in [-0.4, -0.2) is 43.7 Å². The van der Waals surface area contributed by atoms with Gasteiger partial charge in [-0.05, 0) is 68.6 Å². The molecule has 0 aromatic heterocycles. The van der Waals surface area contributed by atoms with E-state index in [-0.39, 0.29) is 22.6 Å². The molecule has 0 radical (unpaired) electrons. The summed E-state index contributed by atoms with van der Waals surface area (Å²) in [6.07, 6.45) is 10.2. The van der Waals surface area contributed by atoms with Crippen molar-refractivity contribution in [1.29, 1.82) is 0 Å². The van der Waals surface area contributed by atoms with Crippen molar-refractivity contribution < 1.29 is 31.0 Å². The zero-order valence-corrected chi connectivity index (χ0v) is 16.7. The lowest BCUT2D eigenvalue weighted by atomic mass is 9.49. The fourth-order valence-corrected chi connectivity index (χ4v) is 6.23. The quantitative estimate of drug-likeness (QED) is 0.450.